The molecule has 0 fully saturated rings. The molecule has 1 aliphatic carbocycles. The summed E-state index contributed by atoms with van der Waals surface area (Å²) < 4.78 is 0. The fourth-order valence-corrected chi connectivity index (χ4v) is 1.58. The van der Waals surface area contributed by atoms with Crippen molar-refractivity contribution in [3.63, 3.8) is 0 Å². The molecule has 0 aliphatic heterocycles. The van der Waals surface area contributed by atoms with E-state index in [1.165, 1.54) is 6.08 Å². The third-order valence-corrected chi connectivity index (χ3v) is 2.31. The zero-order chi connectivity index (χ0) is 10.0. The molecule has 0 aromatic carbocycles. The van der Waals surface area contributed by atoms with Crippen molar-refractivity contribution < 1.29 is 19.8 Å². The fourth-order valence-electron chi connectivity index (χ4n) is 1.58. The molecule has 72 valence electrons. The lowest BCUT2D eigenvalue weighted by molar-refractivity contribution is -0.152. The maximum Gasteiger partial charge on any atom is 0.311 e. The van der Waals surface area contributed by atoms with Gasteiger partial charge in [0.25, 0.3) is 0 Å². The minimum atomic E-state index is -1.06. The van der Waals surface area contributed by atoms with E-state index in [1.807, 2.05) is 6.92 Å². The predicted molar refractivity (Wildman–Crippen MR) is 45.2 cm³/mol. The second-order valence-corrected chi connectivity index (χ2v) is 3.41. The van der Waals surface area contributed by atoms with Crippen molar-refractivity contribution >= 4 is 11.9 Å². The van der Waals surface area contributed by atoms with Crippen LogP contribution in [0.5, 0.6) is 0 Å². The highest BCUT2D eigenvalue weighted by Gasteiger charge is 2.34. The Bertz CT molecular complexity index is 256. The maximum absolute atomic E-state index is 10.7. The van der Waals surface area contributed by atoms with E-state index in [0.717, 1.165) is 0 Å². The molecule has 0 saturated heterocycles. The minimum absolute atomic E-state index is 0.150. The Morgan fingerprint density at radius 2 is 1.85 bits per heavy atom. The molecule has 3 unspecified atom stereocenters. The molecular weight excluding hydrogens is 172 g/mol. The Morgan fingerprint density at radius 1 is 1.23 bits per heavy atom. The molecule has 2 N–H and O–H groups in total. The molecule has 4 heteroatoms. The molecule has 0 amide bonds. The highest BCUT2D eigenvalue weighted by atomic mass is 16.4. The molecule has 1 aliphatic rings. The van der Waals surface area contributed by atoms with Crippen LogP contribution in [0.4, 0.5) is 0 Å². The summed E-state index contributed by atoms with van der Waals surface area (Å²) in [5.74, 6) is -3.58. The maximum atomic E-state index is 10.7. The van der Waals surface area contributed by atoms with Crippen LogP contribution in [0.15, 0.2) is 12.2 Å². The van der Waals surface area contributed by atoms with Crippen LogP contribution in [-0.4, -0.2) is 22.2 Å². The van der Waals surface area contributed by atoms with Gasteiger partial charge in [-0.25, -0.2) is 0 Å². The summed E-state index contributed by atoms with van der Waals surface area (Å²) >= 11 is 0. The van der Waals surface area contributed by atoms with Crippen LogP contribution in [0.3, 0.4) is 0 Å². The highest BCUT2D eigenvalue weighted by Crippen LogP contribution is 2.28. The van der Waals surface area contributed by atoms with Crippen molar-refractivity contribution in [2.75, 3.05) is 0 Å². The Kier molecular flexibility index (Phi) is 2.70. The molecule has 0 radical (unpaired) electrons. The number of carboxylic acid groups (broad SMARTS) is 2. The predicted octanol–water partition coefficient (Wildman–Crippen LogP) is 0.984. The average molecular weight is 184 g/mol. The van der Waals surface area contributed by atoms with E-state index in [4.69, 9.17) is 10.2 Å². The van der Waals surface area contributed by atoms with E-state index >= 15 is 0 Å². The van der Waals surface area contributed by atoms with Gasteiger partial charge in [-0.05, 0) is 12.3 Å². The summed E-state index contributed by atoms with van der Waals surface area (Å²) in [5, 5.41) is 17.5. The van der Waals surface area contributed by atoms with Crippen molar-refractivity contribution in [1.29, 1.82) is 0 Å². The third-order valence-electron chi connectivity index (χ3n) is 2.31. The number of carbonyl (C=O) groups is 2. The normalized spacial score (nSPS) is 32.8. The van der Waals surface area contributed by atoms with Gasteiger partial charge in [-0.1, -0.05) is 19.1 Å². The molecule has 1 rings (SSSR count). The summed E-state index contributed by atoms with van der Waals surface area (Å²) in [6.45, 7) is 1.88. The first-order valence-electron chi connectivity index (χ1n) is 4.16. The van der Waals surface area contributed by atoms with E-state index in [0.29, 0.717) is 6.42 Å². The highest BCUT2D eigenvalue weighted by molar-refractivity contribution is 5.81. The second kappa shape index (κ2) is 3.60. The monoisotopic (exact) mass is 184 g/mol. The zero-order valence-corrected chi connectivity index (χ0v) is 7.30. The van der Waals surface area contributed by atoms with Crippen LogP contribution in [0.25, 0.3) is 0 Å². The van der Waals surface area contributed by atoms with Crippen molar-refractivity contribution in [3.8, 4) is 0 Å². The van der Waals surface area contributed by atoms with Crippen LogP contribution < -0.4 is 0 Å². The van der Waals surface area contributed by atoms with Gasteiger partial charge in [0.2, 0.25) is 0 Å². The minimum Gasteiger partial charge on any atom is -0.481 e. The number of hydrogen-bond acceptors (Lipinski definition) is 2. The Balaban J connectivity index is 2.85. The average Bonchev–Trinajstić information content (AvgIpc) is 2.03. The molecule has 0 spiro atoms. The molecule has 0 aromatic heterocycles. The Morgan fingerprint density at radius 3 is 2.31 bits per heavy atom. The fraction of sp³-hybridized carbons (Fsp3) is 0.556. The molecule has 0 saturated carbocycles. The van der Waals surface area contributed by atoms with Gasteiger partial charge in [0.05, 0.1) is 11.8 Å². The number of aliphatic carboxylic acids is 2. The lowest BCUT2D eigenvalue weighted by atomic mass is 9.80. The molecule has 4 nitrogen and oxygen atoms in total. The van der Waals surface area contributed by atoms with Crippen molar-refractivity contribution in [2.24, 2.45) is 17.8 Å². The summed E-state index contributed by atoms with van der Waals surface area (Å²) in [7, 11) is 0. The number of allylic oxidation sites excluding steroid dienone is 1. The lowest BCUT2D eigenvalue weighted by Gasteiger charge is -2.24. The first kappa shape index (κ1) is 9.77. The number of hydrogen-bond donors (Lipinski definition) is 2. The van der Waals surface area contributed by atoms with Crippen molar-refractivity contribution in [3.05, 3.63) is 12.2 Å². The van der Waals surface area contributed by atoms with E-state index < -0.39 is 23.8 Å². The SMILES string of the molecule is CC1C=CC(C(=O)O)C(C(=O)O)C1. The molecular formula is C9H12O4. The second-order valence-electron chi connectivity index (χ2n) is 3.41. The van der Waals surface area contributed by atoms with Crippen molar-refractivity contribution in [1.82, 2.24) is 0 Å². The van der Waals surface area contributed by atoms with Crippen LogP contribution in [0, 0.1) is 17.8 Å². The van der Waals surface area contributed by atoms with Gasteiger partial charge < -0.3 is 10.2 Å². The smallest absolute Gasteiger partial charge is 0.311 e. The summed E-state index contributed by atoms with van der Waals surface area (Å²) in [4.78, 5) is 21.4. The van der Waals surface area contributed by atoms with Gasteiger partial charge in [-0.2, -0.15) is 0 Å². The molecule has 0 bridgehead atoms. The molecule has 13 heavy (non-hydrogen) atoms. The number of rotatable bonds is 2. The topological polar surface area (TPSA) is 74.6 Å². The van der Waals surface area contributed by atoms with Gasteiger partial charge in [0.1, 0.15) is 0 Å². The lowest BCUT2D eigenvalue weighted by Crippen LogP contribution is -2.32. The van der Waals surface area contributed by atoms with Gasteiger partial charge in [-0.3, -0.25) is 9.59 Å². The molecule has 3 atom stereocenters. The van der Waals surface area contributed by atoms with E-state index in [9.17, 15) is 9.59 Å². The molecule has 0 heterocycles. The van der Waals surface area contributed by atoms with Gasteiger partial charge in [0, 0.05) is 0 Å². The zero-order valence-electron chi connectivity index (χ0n) is 7.30. The summed E-state index contributed by atoms with van der Waals surface area (Å²) in [5.41, 5.74) is 0. The van der Waals surface area contributed by atoms with Gasteiger partial charge in [-0.15, -0.1) is 0 Å². The first-order valence-corrected chi connectivity index (χ1v) is 4.16. The standard InChI is InChI=1S/C9H12O4/c1-5-2-3-6(8(10)11)7(4-5)9(12)13/h2-3,5-7H,4H2,1H3,(H,10,11)(H,12,13). The van der Waals surface area contributed by atoms with Crippen molar-refractivity contribution in [2.45, 2.75) is 13.3 Å². The number of carboxylic acids is 2. The Hall–Kier alpha value is -1.32. The first-order chi connectivity index (χ1) is 6.02. The van der Waals surface area contributed by atoms with E-state index in [1.54, 1.807) is 6.08 Å². The van der Waals surface area contributed by atoms with Crippen LogP contribution in [0.2, 0.25) is 0 Å². The van der Waals surface area contributed by atoms with Crippen LogP contribution in [-0.2, 0) is 9.59 Å². The van der Waals surface area contributed by atoms with E-state index in [2.05, 4.69) is 0 Å². The summed E-state index contributed by atoms with van der Waals surface area (Å²) in [6, 6.07) is 0. The molecule has 0 aromatic rings. The Labute approximate surface area is 75.9 Å². The van der Waals surface area contributed by atoms with Gasteiger partial charge >= 0.3 is 11.9 Å². The quantitative estimate of drug-likeness (QED) is 0.627. The third kappa shape index (κ3) is 2.08. The van der Waals surface area contributed by atoms with Gasteiger partial charge in [0.15, 0.2) is 0 Å². The van der Waals surface area contributed by atoms with E-state index in [-0.39, 0.29) is 5.92 Å². The summed E-state index contributed by atoms with van der Waals surface area (Å²) in [6.07, 6.45) is 3.65. The van der Waals surface area contributed by atoms with Crippen LogP contribution >= 0.6 is 0 Å². The largest absolute Gasteiger partial charge is 0.481 e. The van der Waals surface area contributed by atoms with Crippen LogP contribution in [0.1, 0.15) is 13.3 Å².